The van der Waals surface area contributed by atoms with E-state index < -0.39 is 46.5 Å². The maximum Gasteiger partial charge on any atom is 0.417 e. The van der Waals surface area contributed by atoms with Gasteiger partial charge < -0.3 is 10.1 Å². The summed E-state index contributed by atoms with van der Waals surface area (Å²) in [5.41, 5.74) is -1.95. The molecule has 1 N–H and O–H groups in total. The van der Waals surface area contributed by atoms with Gasteiger partial charge in [0, 0.05) is 24.4 Å². The Balaban J connectivity index is 1.79. The van der Waals surface area contributed by atoms with E-state index >= 15 is 0 Å². The van der Waals surface area contributed by atoms with Crippen LogP contribution in [-0.2, 0) is 22.8 Å². The zero-order valence-corrected chi connectivity index (χ0v) is 21.0. The molecule has 4 rings (SSSR count). The highest BCUT2D eigenvalue weighted by atomic mass is 19.4. The molecule has 2 aromatic heterocycles. The Bertz CT molecular complexity index is 1610. The standard InChI is InChI=1S/C27H20F4N6O3/c1-37-11-9-21(36-37)17-12-18(20(28)13-19(17)27(29,30)31)25(38)34-22-14-33-24(16(8-10-32)26(39)40-2)35-23(22)15-6-4-3-5-7-15/h3-7,9,11-14,16H,8H2,1-2H3,(H,34,38). The average Bonchev–Trinajstić information content (AvgIpc) is 3.37. The zero-order valence-electron chi connectivity index (χ0n) is 21.0. The molecule has 0 bridgehead atoms. The lowest BCUT2D eigenvalue weighted by Crippen LogP contribution is -2.20. The SMILES string of the molecule is COC(=O)C(CC#N)c1ncc(NC(=O)c2cc(-c3ccn(C)n3)c(C(F)(F)F)cc2F)c(-c2ccccc2)n1. The predicted molar refractivity (Wildman–Crippen MR) is 134 cm³/mol. The van der Waals surface area contributed by atoms with Gasteiger partial charge in [0.1, 0.15) is 17.6 Å². The van der Waals surface area contributed by atoms with Crippen LogP contribution in [-0.4, -0.2) is 38.7 Å². The third-order valence-corrected chi connectivity index (χ3v) is 5.84. The number of amides is 1. The number of esters is 1. The normalized spacial score (nSPS) is 11.9. The summed E-state index contributed by atoms with van der Waals surface area (Å²) in [7, 11) is 2.65. The number of rotatable bonds is 7. The number of aromatic nitrogens is 4. The molecular formula is C27H20F4N6O3. The maximum atomic E-state index is 14.9. The van der Waals surface area contributed by atoms with Crippen LogP contribution in [0.2, 0.25) is 0 Å². The Kier molecular flexibility index (Phi) is 7.90. The van der Waals surface area contributed by atoms with Crippen LogP contribution in [0.1, 0.15) is 34.1 Å². The second-order valence-electron chi connectivity index (χ2n) is 8.50. The van der Waals surface area contributed by atoms with Crippen LogP contribution in [0.3, 0.4) is 0 Å². The van der Waals surface area contributed by atoms with Gasteiger partial charge in [-0.15, -0.1) is 0 Å². The van der Waals surface area contributed by atoms with E-state index in [1.165, 1.54) is 24.0 Å². The van der Waals surface area contributed by atoms with Crippen molar-refractivity contribution < 1.29 is 31.9 Å². The van der Waals surface area contributed by atoms with E-state index in [1.54, 1.807) is 30.3 Å². The summed E-state index contributed by atoms with van der Waals surface area (Å²) in [6, 6.07) is 12.6. The molecule has 1 atom stereocenters. The van der Waals surface area contributed by atoms with Gasteiger partial charge in [-0.2, -0.15) is 23.5 Å². The molecule has 4 aromatic rings. The van der Waals surface area contributed by atoms with Crippen molar-refractivity contribution in [2.45, 2.75) is 18.5 Å². The van der Waals surface area contributed by atoms with Gasteiger partial charge in [0.05, 0.1) is 54.0 Å². The van der Waals surface area contributed by atoms with Crippen molar-refractivity contribution in [1.29, 1.82) is 5.26 Å². The number of benzene rings is 2. The second-order valence-corrected chi connectivity index (χ2v) is 8.50. The summed E-state index contributed by atoms with van der Waals surface area (Å²) in [6.45, 7) is 0. The van der Waals surface area contributed by atoms with Crippen molar-refractivity contribution in [2.75, 3.05) is 12.4 Å². The van der Waals surface area contributed by atoms with E-state index in [0.29, 0.717) is 5.56 Å². The summed E-state index contributed by atoms with van der Waals surface area (Å²) in [6.07, 6.45) is -2.61. The number of hydrogen-bond donors (Lipinski definition) is 1. The van der Waals surface area contributed by atoms with Crippen LogP contribution in [0, 0.1) is 17.1 Å². The number of nitrogens with one attached hydrogen (secondary N) is 1. The van der Waals surface area contributed by atoms with Crippen molar-refractivity contribution in [3.05, 3.63) is 83.7 Å². The zero-order chi connectivity index (χ0) is 29.0. The van der Waals surface area contributed by atoms with Crippen molar-refractivity contribution >= 4 is 17.6 Å². The van der Waals surface area contributed by atoms with Gasteiger partial charge in [-0.25, -0.2) is 14.4 Å². The van der Waals surface area contributed by atoms with Crippen molar-refractivity contribution in [2.24, 2.45) is 7.05 Å². The minimum Gasteiger partial charge on any atom is -0.468 e. The first-order chi connectivity index (χ1) is 19.0. The molecule has 1 unspecified atom stereocenters. The first-order valence-electron chi connectivity index (χ1n) is 11.6. The minimum atomic E-state index is -4.91. The van der Waals surface area contributed by atoms with Gasteiger partial charge in [0.25, 0.3) is 5.91 Å². The first kappa shape index (κ1) is 27.9. The van der Waals surface area contributed by atoms with Gasteiger partial charge in [-0.05, 0) is 18.2 Å². The lowest BCUT2D eigenvalue weighted by atomic mass is 9.99. The van der Waals surface area contributed by atoms with Gasteiger partial charge >= 0.3 is 12.1 Å². The molecule has 40 heavy (non-hydrogen) atoms. The van der Waals surface area contributed by atoms with Crippen LogP contribution in [0.25, 0.3) is 22.5 Å². The molecule has 0 aliphatic heterocycles. The van der Waals surface area contributed by atoms with Gasteiger partial charge in [0.15, 0.2) is 0 Å². The molecule has 1 amide bonds. The van der Waals surface area contributed by atoms with Crippen molar-refractivity contribution in [1.82, 2.24) is 19.7 Å². The van der Waals surface area contributed by atoms with Crippen LogP contribution >= 0.6 is 0 Å². The molecule has 0 aliphatic rings. The Morgan fingerprint density at radius 3 is 2.50 bits per heavy atom. The number of carbonyl (C=O) groups excluding carboxylic acids is 2. The minimum absolute atomic E-state index is 0.0146. The van der Waals surface area contributed by atoms with Gasteiger partial charge in [-0.1, -0.05) is 30.3 Å². The largest absolute Gasteiger partial charge is 0.468 e. The number of nitriles is 1. The smallest absolute Gasteiger partial charge is 0.417 e. The number of alkyl halides is 3. The van der Waals surface area contributed by atoms with E-state index in [4.69, 9.17) is 10.00 Å². The fourth-order valence-corrected chi connectivity index (χ4v) is 3.93. The van der Waals surface area contributed by atoms with Gasteiger partial charge in [0.2, 0.25) is 0 Å². The molecule has 2 heterocycles. The number of ether oxygens (including phenoxy) is 1. The van der Waals surface area contributed by atoms with E-state index in [2.05, 4.69) is 20.4 Å². The van der Waals surface area contributed by atoms with E-state index in [1.807, 2.05) is 6.07 Å². The molecule has 0 spiro atoms. The van der Waals surface area contributed by atoms with E-state index in [-0.39, 0.29) is 35.4 Å². The summed E-state index contributed by atoms with van der Waals surface area (Å²) < 4.78 is 62.1. The van der Waals surface area contributed by atoms with Crippen LogP contribution in [0.5, 0.6) is 0 Å². The number of nitrogens with zero attached hydrogens (tertiary/aromatic N) is 5. The summed E-state index contributed by atoms with van der Waals surface area (Å²) in [5, 5.41) is 15.6. The third-order valence-electron chi connectivity index (χ3n) is 5.84. The highest BCUT2D eigenvalue weighted by molar-refractivity contribution is 6.06. The number of methoxy groups -OCH3 is 1. The molecular weight excluding hydrogens is 532 g/mol. The summed E-state index contributed by atoms with van der Waals surface area (Å²) in [4.78, 5) is 33.9. The van der Waals surface area contributed by atoms with Crippen molar-refractivity contribution in [3.8, 4) is 28.6 Å². The molecule has 13 heteroatoms. The topological polar surface area (TPSA) is 123 Å². The fraction of sp³-hybridized carbons (Fsp3) is 0.185. The van der Waals surface area contributed by atoms with Crippen molar-refractivity contribution in [3.63, 3.8) is 0 Å². The molecule has 0 aliphatic carbocycles. The molecule has 0 radical (unpaired) electrons. The van der Waals surface area contributed by atoms with Crippen LogP contribution in [0.15, 0.2) is 60.9 Å². The molecule has 9 nitrogen and oxygen atoms in total. The predicted octanol–water partition coefficient (Wildman–Crippen LogP) is 5.12. The highest BCUT2D eigenvalue weighted by Gasteiger charge is 2.36. The van der Waals surface area contributed by atoms with E-state index in [9.17, 15) is 27.2 Å². The number of carbonyl (C=O) groups is 2. The van der Waals surface area contributed by atoms with Crippen LogP contribution < -0.4 is 5.32 Å². The quantitative estimate of drug-likeness (QED) is 0.249. The summed E-state index contributed by atoms with van der Waals surface area (Å²) in [5.74, 6) is -4.38. The number of anilines is 1. The first-order valence-corrected chi connectivity index (χ1v) is 11.6. The van der Waals surface area contributed by atoms with E-state index in [0.717, 1.165) is 19.4 Å². The fourth-order valence-electron chi connectivity index (χ4n) is 3.93. The van der Waals surface area contributed by atoms with Gasteiger partial charge in [-0.3, -0.25) is 14.3 Å². The number of hydrogen-bond acceptors (Lipinski definition) is 7. The second kappa shape index (κ2) is 11.3. The summed E-state index contributed by atoms with van der Waals surface area (Å²) >= 11 is 0. The number of aryl methyl sites for hydroxylation is 1. The molecule has 204 valence electrons. The Labute approximate surface area is 225 Å². The molecule has 0 fully saturated rings. The molecule has 0 saturated heterocycles. The maximum absolute atomic E-state index is 14.9. The molecule has 0 saturated carbocycles. The highest BCUT2D eigenvalue weighted by Crippen LogP contribution is 2.38. The lowest BCUT2D eigenvalue weighted by Gasteiger charge is -2.16. The Morgan fingerprint density at radius 2 is 1.90 bits per heavy atom. The third kappa shape index (κ3) is 5.80. The van der Waals surface area contributed by atoms with Crippen LogP contribution in [0.4, 0.5) is 23.2 Å². The monoisotopic (exact) mass is 552 g/mol. The Hall–Kier alpha value is -5.12. The molecule has 2 aromatic carbocycles. The number of halogens is 4. The average molecular weight is 552 g/mol. The Morgan fingerprint density at radius 1 is 1.18 bits per heavy atom. The lowest BCUT2D eigenvalue weighted by molar-refractivity contribution is -0.142.